The van der Waals surface area contributed by atoms with E-state index in [-0.39, 0.29) is 13.0 Å². The Morgan fingerprint density at radius 1 is 1.07 bits per heavy atom. The summed E-state index contributed by atoms with van der Waals surface area (Å²) < 4.78 is 95.8. The van der Waals surface area contributed by atoms with Gasteiger partial charge in [-0.2, -0.15) is 5.10 Å². The van der Waals surface area contributed by atoms with Crippen molar-refractivity contribution in [3.05, 3.63) is 0 Å². The van der Waals surface area contributed by atoms with Gasteiger partial charge in [0, 0.05) is 25.2 Å². The molecule has 2 aliphatic heterocycles. The Morgan fingerprint density at radius 3 is 2.25 bits per heavy atom. The molecule has 1 amide bonds. The van der Waals surface area contributed by atoms with Crippen molar-refractivity contribution in [3.8, 4) is 0 Å². The normalized spacial score (nSPS) is 37.1. The van der Waals surface area contributed by atoms with E-state index in [1.54, 1.807) is 11.6 Å². The number of methoxy groups -OCH3 is 1. The second-order valence-electron chi connectivity index (χ2n) is 9.66. The quantitative estimate of drug-likeness (QED) is 0.0534. The fraction of sp³-hybridized carbons (Fsp3) is 0.900. The van der Waals surface area contributed by atoms with E-state index in [0.29, 0.717) is 0 Å². The molecule has 10 unspecified atom stereocenters. The van der Waals surface area contributed by atoms with E-state index in [1.807, 2.05) is 0 Å². The number of ether oxygens (including phenoxy) is 4. The van der Waals surface area contributed by atoms with Gasteiger partial charge in [0.1, 0.15) is 18.3 Å². The first-order valence-electron chi connectivity index (χ1n) is 12.0. The SMILES string of the molecule is C=NNC(=O)C1OC(CC)C(O)C(O)C1COCC1OC(COS(=O)(=O)[O-])C(C)(COC)C(O)C1NS(=O)(=O)[O-]. The highest BCUT2D eigenvalue weighted by molar-refractivity contribution is 7.83. The van der Waals surface area contributed by atoms with Gasteiger partial charge < -0.3 is 43.4 Å². The summed E-state index contributed by atoms with van der Waals surface area (Å²) in [5.41, 5.74) is 0.497. The summed E-state index contributed by atoms with van der Waals surface area (Å²) in [5, 5.41) is 35.4. The number of hydrazone groups is 1. The molecule has 18 nitrogen and oxygen atoms in total. The van der Waals surface area contributed by atoms with E-state index in [9.17, 15) is 46.1 Å². The van der Waals surface area contributed by atoms with E-state index >= 15 is 0 Å². The highest BCUT2D eigenvalue weighted by Crippen LogP contribution is 2.38. The number of hydrogen-bond donors (Lipinski definition) is 5. The first-order chi connectivity index (χ1) is 18.5. The average Bonchev–Trinajstić information content (AvgIpc) is 2.84. The minimum atomic E-state index is -5.20. The van der Waals surface area contributed by atoms with Gasteiger partial charge in [-0.3, -0.25) is 8.98 Å². The molecule has 0 radical (unpaired) electrons. The van der Waals surface area contributed by atoms with Crippen LogP contribution in [0.5, 0.6) is 0 Å². The van der Waals surface area contributed by atoms with Crippen LogP contribution in [0.15, 0.2) is 5.10 Å². The Kier molecular flexibility index (Phi) is 12.3. The molecule has 2 saturated heterocycles. The van der Waals surface area contributed by atoms with Crippen LogP contribution in [-0.2, 0) is 48.6 Å². The highest BCUT2D eigenvalue weighted by atomic mass is 32.3. The Labute approximate surface area is 231 Å². The largest absolute Gasteiger partial charge is 0.735 e. The Bertz CT molecular complexity index is 1070. The molecule has 40 heavy (non-hydrogen) atoms. The third-order valence-electron chi connectivity index (χ3n) is 6.91. The third-order valence-corrected chi connectivity index (χ3v) is 7.90. The van der Waals surface area contributed by atoms with Crippen LogP contribution in [-0.4, -0.2) is 136 Å². The Morgan fingerprint density at radius 2 is 1.73 bits per heavy atom. The maximum atomic E-state index is 12.5. The predicted molar refractivity (Wildman–Crippen MR) is 130 cm³/mol. The molecule has 0 aromatic heterocycles. The summed E-state index contributed by atoms with van der Waals surface area (Å²) in [7, 11) is -9.15. The lowest BCUT2D eigenvalue weighted by molar-refractivity contribution is -0.233. The van der Waals surface area contributed by atoms with Gasteiger partial charge in [0.15, 0.2) is 10.3 Å². The van der Waals surface area contributed by atoms with E-state index in [0.717, 1.165) is 0 Å². The number of nitrogens with zero attached hydrogens (tertiary/aromatic N) is 1. The first kappa shape index (κ1) is 34.8. The monoisotopic (exact) mass is 621 g/mol. The summed E-state index contributed by atoms with van der Waals surface area (Å²) in [6.45, 7) is 3.81. The van der Waals surface area contributed by atoms with Crippen LogP contribution < -0.4 is 10.1 Å². The van der Waals surface area contributed by atoms with E-state index in [2.05, 4.69) is 21.4 Å². The predicted octanol–water partition coefficient (Wildman–Crippen LogP) is -4.07. The van der Waals surface area contributed by atoms with Crippen LogP contribution in [0.2, 0.25) is 0 Å². The van der Waals surface area contributed by atoms with Crippen LogP contribution in [0.4, 0.5) is 0 Å². The molecule has 10 atom stereocenters. The number of hydrogen-bond acceptors (Lipinski definition) is 16. The van der Waals surface area contributed by atoms with Gasteiger partial charge in [-0.1, -0.05) is 13.8 Å². The number of aliphatic hydroxyl groups excluding tert-OH is 3. The molecule has 0 spiro atoms. The molecule has 0 aliphatic carbocycles. The smallest absolute Gasteiger partial charge is 0.269 e. The van der Waals surface area contributed by atoms with Crippen molar-refractivity contribution in [2.75, 3.05) is 33.5 Å². The number of nitrogens with one attached hydrogen (secondary N) is 2. The van der Waals surface area contributed by atoms with Gasteiger partial charge in [-0.15, -0.1) is 0 Å². The summed E-state index contributed by atoms with van der Waals surface area (Å²) in [4.78, 5) is 12.5. The third kappa shape index (κ3) is 8.80. The van der Waals surface area contributed by atoms with Crippen molar-refractivity contribution in [2.45, 2.75) is 69.0 Å². The lowest BCUT2D eigenvalue weighted by Crippen LogP contribution is -2.68. The highest BCUT2D eigenvalue weighted by Gasteiger charge is 2.54. The molecule has 0 aromatic rings. The van der Waals surface area contributed by atoms with Gasteiger partial charge in [-0.05, 0) is 6.42 Å². The molecule has 2 fully saturated rings. The molecular weight excluding hydrogens is 586 g/mol. The zero-order valence-corrected chi connectivity index (χ0v) is 23.6. The zero-order chi connectivity index (χ0) is 30.5. The molecule has 2 rings (SSSR count). The lowest BCUT2D eigenvalue weighted by atomic mass is 9.73. The summed E-state index contributed by atoms with van der Waals surface area (Å²) in [6, 6.07) is -1.66. The molecule has 2 heterocycles. The fourth-order valence-electron chi connectivity index (χ4n) is 4.83. The zero-order valence-electron chi connectivity index (χ0n) is 21.9. The van der Waals surface area contributed by atoms with Crippen molar-refractivity contribution in [1.29, 1.82) is 0 Å². The Hall–Kier alpha value is -1.40. The van der Waals surface area contributed by atoms with E-state index < -0.39 is 107 Å². The minimum Gasteiger partial charge on any atom is -0.735 e. The fourth-order valence-corrected chi connectivity index (χ4v) is 5.74. The number of amides is 1. The summed E-state index contributed by atoms with van der Waals surface area (Å²) in [6.07, 6.45) is -9.52. The minimum absolute atomic E-state index is 0.255. The second-order valence-corrected chi connectivity index (χ2v) is 11.9. The van der Waals surface area contributed by atoms with Crippen molar-refractivity contribution >= 4 is 33.3 Å². The first-order valence-corrected chi connectivity index (χ1v) is 14.7. The van der Waals surface area contributed by atoms with Crippen LogP contribution >= 0.6 is 0 Å². The van der Waals surface area contributed by atoms with E-state index in [1.165, 1.54) is 14.0 Å². The number of carbonyl (C=O) groups excluding carboxylic acids is 1. The molecule has 5 N–H and O–H groups in total. The molecule has 234 valence electrons. The molecular formula is C20H35N3O15S2-2. The van der Waals surface area contributed by atoms with Crippen LogP contribution in [0.3, 0.4) is 0 Å². The maximum absolute atomic E-state index is 12.5. The average molecular weight is 622 g/mol. The molecule has 0 aromatic carbocycles. The van der Waals surface area contributed by atoms with Gasteiger partial charge in [-0.25, -0.2) is 27.0 Å². The molecule has 20 heteroatoms. The Balaban J connectivity index is 2.30. The topological polar surface area (TPSA) is 275 Å². The van der Waals surface area contributed by atoms with Crippen LogP contribution in [0.1, 0.15) is 20.3 Å². The standard InChI is InChI=1S/C20H37N3O15S2/c1-5-11-16(25)15(24)10(17(38-11)19(27)22-21-3)6-35-7-12-14(23-39(28,29)30)18(26)20(2,9-34-4)13(37-12)8-36-40(31,32)33/h10-18,23-26H,3,5-9H2,1-2,4H3,(H,22,27)(H,28,29,30)(H,31,32,33)/p-2. The van der Waals surface area contributed by atoms with Gasteiger partial charge in [0.2, 0.25) is 10.4 Å². The molecule has 0 saturated carbocycles. The summed E-state index contributed by atoms with van der Waals surface area (Å²) >= 11 is 0. The van der Waals surface area contributed by atoms with E-state index in [4.69, 9.17) is 18.9 Å². The van der Waals surface area contributed by atoms with Crippen molar-refractivity contribution in [3.63, 3.8) is 0 Å². The van der Waals surface area contributed by atoms with Crippen molar-refractivity contribution in [2.24, 2.45) is 16.4 Å². The van der Waals surface area contributed by atoms with Crippen molar-refractivity contribution in [1.82, 2.24) is 10.1 Å². The number of carbonyl (C=O) groups is 1. The van der Waals surface area contributed by atoms with Crippen LogP contribution in [0.25, 0.3) is 0 Å². The van der Waals surface area contributed by atoms with Gasteiger partial charge in [0.25, 0.3) is 5.91 Å². The lowest BCUT2D eigenvalue weighted by Gasteiger charge is -2.51. The summed E-state index contributed by atoms with van der Waals surface area (Å²) in [5.74, 6) is -1.97. The van der Waals surface area contributed by atoms with Crippen molar-refractivity contribution < 1.29 is 69.2 Å². The van der Waals surface area contributed by atoms with Crippen LogP contribution in [0, 0.1) is 11.3 Å². The maximum Gasteiger partial charge on any atom is 0.269 e. The van der Waals surface area contributed by atoms with Gasteiger partial charge >= 0.3 is 0 Å². The number of aliphatic hydroxyl groups is 3. The number of rotatable bonds is 14. The molecule has 2 aliphatic rings. The second kappa shape index (κ2) is 14.2. The molecule has 0 bridgehead atoms. The van der Waals surface area contributed by atoms with Gasteiger partial charge in [0.05, 0.1) is 56.9 Å².